The van der Waals surface area contributed by atoms with E-state index >= 15 is 0 Å². The summed E-state index contributed by atoms with van der Waals surface area (Å²) in [7, 11) is 0. The van der Waals surface area contributed by atoms with Crippen molar-refractivity contribution in [2.75, 3.05) is 11.9 Å². The first kappa shape index (κ1) is 23.4. The average Bonchev–Trinajstić information content (AvgIpc) is 3.33. The van der Waals surface area contributed by atoms with Crippen molar-refractivity contribution in [2.45, 2.75) is 25.8 Å². The van der Waals surface area contributed by atoms with Gasteiger partial charge in [-0.1, -0.05) is 55.5 Å². The molecule has 0 aromatic heterocycles. The third-order valence-corrected chi connectivity index (χ3v) is 5.86. The van der Waals surface area contributed by atoms with Crippen molar-refractivity contribution in [3.63, 3.8) is 0 Å². The molecule has 0 aliphatic carbocycles. The molecule has 4 rings (SSSR count). The molecule has 1 amide bonds. The molecule has 6 heteroatoms. The third kappa shape index (κ3) is 5.39. The molecule has 0 saturated carbocycles. The quantitative estimate of drug-likeness (QED) is 0.375. The number of hydrogen-bond acceptors (Lipinski definition) is 3. The van der Waals surface area contributed by atoms with Crippen LogP contribution in [0, 0.1) is 17.6 Å². The first-order valence-electron chi connectivity index (χ1n) is 11.2. The molecule has 3 aromatic carbocycles. The Morgan fingerprint density at radius 3 is 2.32 bits per heavy atom. The number of carbonyl (C=O) groups excluding carboxylic acids is 1. The van der Waals surface area contributed by atoms with Crippen LogP contribution in [0.15, 0.2) is 84.4 Å². The number of amides is 1. The number of nitrogens with one attached hydrogen (secondary N) is 1. The first-order valence-corrected chi connectivity index (χ1v) is 11.2. The highest BCUT2D eigenvalue weighted by Gasteiger charge is 2.24. The van der Waals surface area contributed by atoms with Crippen LogP contribution in [0.3, 0.4) is 0 Å². The Bertz CT molecular complexity index is 1180. The smallest absolute Gasteiger partial charge is 0.411 e. The molecule has 1 aliphatic heterocycles. The summed E-state index contributed by atoms with van der Waals surface area (Å²) in [4.78, 5) is 16.5. The van der Waals surface area contributed by atoms with Crippen LogP contribution < -0.4 is 5.32 Å². The van der Waals surface area contributed by atoms with E-state index in [0.29, 0.717) is 24.2 Å². The largest absolute Gasteiger partial charge is 0.449 e. The molecule has 2 atom stereocenters. The fraction of sp³-hybridized carbons (Fsp3) is 0.214. The van der Waals surface area contributed by atoms with Crippen LogP contribution in [0.5, 0.6) is 0 Å². The maximum Gasteiger partial charge on any atom is 0.411 e. The van der Waals surface area contributed by atoms with Gasteiger partial charge in [-0.3, -0.25) is 10.3 Å². The van der Waals surface area contributed by atoms with E-state index in [1.54, 1.807) is 6.08 Å². The minimum atomic E-state index is -0.577. The van der Waals surface area contributed by atoms with Crippen LogP contribution >= 0.6 is 0 Å². The van der Waals surface area contributed by atoms with Gasteiger partial charge in [-0.2, -0.15) is 0 Å². The molecule has 4 nitrogen and oxygen atoms in total. The highest BCUT2D eigenvalue weighted by Crippen LogP contribution is 2.33. The summed E-state index contributed by atoms with van der Waals surface area (Å²) in [5, 5.41) is 2.71. The van der Waals surface area contributed by atoms with Gasteiger partial charge in [0.15, 0.2) is 0 Å². The number of rotatable bonds is 7. The molecule has 1 aliphatic rings. The van der Waals surface area contributed by atoms with E-state index < -0.39 is 17.7 Å². The molecule has 0 spiro atoms. The molecule has 3 aromatic rings. The molecule has 34 heavy (non-hydrogen) atoms. The Morgan fingerprint density at radius 1 is 1.09 bits per heavy atom. The zero-order chi connectivity index (χ0) is 24.1. The molecule has 1 N–H and O–H groups in total. The van der Waals surface area contributed by atoms with E-state index in [1.807, 2.05) is 55.5 Å². The van der Waals surface area contributed by atoms with Crippen LogP contribution in [0.1, 0.15) is 36.9 Å². The summed E-state index contributed by atoms with van der Waals surface area (Å²) in [5.41, 5.74) is 4.12. The van der Waals surface area contributed by atoms with Crippen molar-refractivity contribution in [3.05, 3.63) is 102 Å². The number of carbonyl (C=O) groups is 1. The van der Waals surface area contributed by atoms with Crippen LogP contribution in [0.25, 0.3) is 11.1 Å². The van der Waals surface area contributed by atoms with Gasteiger partial charge in [0, 0.05) is 17.3 Å². The minimum absolute atomic E-state index is 0.0191. The Labute approximate surface area is 198 Å². The standard InChI is InChI=1S/C28H26F2N2O2/c1-3-18(2)17-34-28(33)31-22-13-11-20(12-14-22)19-7-9-21(10-8-19)25-15-16-26(32-25)27-23(29)5-4-6-24(27)30/h3-14,18,25H,1,15-17H2,2H3,(H,31,33). The van der Waals surface area contributed by atoms with E-state index in [0.717, 1.165) is 16.7 Å². The van der Waals surface area contributed by atoms with Crippen LogP contribution in [-0.4, -0.2) is 18.4 Å². The second kappa shape index (κ2) is 10.4. The van der Waals surface area contributed by atoms with Crippen molar-refractivity contribution in [2.24, 2.45) is 10.9 Å². The summed E-state index contributed by atoms with van der Waals surface area (Å²) in [6.45, 7) is 5.86. The predicted octanol–water partition coefficient (Wildman–Crippen LogP) is 7.33. The molecule has 0 bridgehead atoms. The highest BCUT2D eigenvalue weighted by molar-refractivity contribution is 6.02. The predicted molar refractivity (Wildman–Crippen MR) is 131 cm³/mol. The zero-order valence-electron chi connectivity index (χ0n) is 18.9. The number of aliphatic imine (C=N–C) groups is 1. The molecule has 1 heterocycles. The van der Waals surface area contributed by atoms with Crippen LogP contribution in [0.4, 0.5) is 19.3 Å². The SMILES string of the molecule is C=CC(C)COC(=O)Nc1ccc(-c2ccc(C3CCC(c4c(F)cccc4F)=N3)cc2)cc1. The number of halogens is 2. The minimum Gasteiger partial charge on any atom is -0.449 e. The molecular weight excluding hydrogens is 434 g/mol. The second-order valence-electron chi connectivity index (χ2n) is 8.36. The summed E-state index contributed by atoms with van der Waals surface area (Å²) in [6.07, 6.45) is 2.48. The zero-order valence-corrected chi connectivity index (χ0v) is 18.9. The van der Waals surface area contributed by atoms with Crippen molar-refractivity contribution >= 4 is 17.5 Å². The molecule has 174 valence electrons. The maximum absolute atomic E-state index is 14.1. The highest BCUT2D eigenvalue weighted by atomic mass is 19.1. The molecule has 0 fully saturated rings. The first-order chi connectivity index (χ1) is 16.4. The van der Waals surface area contributed by atoms with Crippen molar-refractivity contribution < 1.29 is 18.3 Å². The lowest BCUT2D eigenvalue weighted by atomic mass is 9.99. The Hall–Kier alpha value is -3.80. The van der Waals surface area contributed by atoms with Gasteiger partial charge in [-0.15, -0.1) is 6.58 Å². The van der Waals surface area contributed by atoms with Gasteiger partial charge < -0.3 is 4.74 Å². The Morgan fingerprint density at radius 2 is 1.71 bits per heavy atom. The number of ether oxygens (including phenoxy) is 1. The lowest BCUT2D eigenvalue weighted by molar-refractivity contribution is 0.152. The maximum atomic E-state index is 14.1. The fourth-order valence-corrected chi connectivity index (χ4v) is 3.87. The van der Waals surface area contributed by atoms with Gasteiger partial charge >= 0.3 is 6.09 Å². The van der Waals surface area contributed by atoms with Crippen LogP contribution in [-0.2, 0) is 4.74 Å². The van der Waals surface area contributed by atoms with Gasteiger partial charge in [-0.25, -0.2) is 13.6 Å². The number of nitrogens with zero attached hydrogens (tertiary/aromatic N) is 1. The number of anilines is 1. The van der Waals surface area contributed by atoms with E-state index in [9.17, 15) is 13.6 Å². The van der Waals surface area contributed by atoms with Gasteiger partial charge in [0.2, 0.25) is 0 Å². The van der Waals surface area contributed by atoms with E-state index in [4.69, 9.17) is 4.74 Å². The summed E-state index contributed by atoms with van der Waals surface area (Å²) in [5.74, 6) is -1.06. The van der Waals surface area contributed by atoms with Crippen molar-refractivity contribution in [1.82, 2.24) is 0 Å². The van der Waals surface area contributed by atoms with Crippen LogP contribution in [0.2, 0.25) is 0 Å². The second-order valence-corrected chi connectivity index (χ2v) is 8.36. The topological polar surface area (TPSA) is 50.7 Å². The average molecular weight is 461 g/mol. The van der Waals surface area contributed by atoms with Gasteiger partial charge in [0.05, 0.1) is 18.2 Å². The van der Waals surface area contributed by atoms with Crippen molar-refractivity contribution in [3.8, 4) is 11.1 Å². The monoisotopic (exact) mass is 460 g/mol. The molecular formula is C28H26F2N2O2. The normalized spacial score (nSPS) is 16.0. The van der Waals surface area contributed by atoms with Gasteiger partial charge in [0.1, 0.15) is 11.6 Å². The van der Waals surface area contributed by atoms with E-state index in [1.165, 1.54) is 18.2 Å². The molecule has 0 saturated heterocycles. The van der Waals surface area contributed by atoms with Gasteiger partial charge in [-0.05, 0) is 53.8 Å². The Kier molecular flexibility index (Phi) is 7.16. The summed E-state index contributed by atoms with van der Waals surface area (Å²) < 4.78 is 33.4. The number of benzene rings is 3. The lowest BCUT2D eigenvalue weighted by Gasteiger charge is -2.11. The third-order valence-electron chi connectivity index (χ3n) is 5.86. The summed E-state index contributed by atoms with van der Waals surface area (Å²) >= 11 is 0. The van der Waals surface area contributed by atoms with Gasteiger partial charge in [0.25, 0.3) is 0 Å². The molecule has 2 unspecified atom stereocenters. The molecule has 0 radical (unpaired) electrons. The van der Waals surface area contributed by atoms with Crippen molar-refractivity contribution in [1.29, 1.82) is 0 Å². The fourth-order valence-electron chi connectivity index (χ4n) is 3.87. The van der Waals surface area contributed by atoms with E-state index in [2.05, 4.69) is 16.9 Å². The summed E-state index contributed by atoms with van der Waals surface area (Å²) in [6, 6.07) is 19.2. The number of hydrogen-bond donors (Lipinski definition) is 1. The van der Waals surface area contributed by atoms with E-state index in [-0.39, 0.29) is 24.1 Å². The Balaban J connectivity index is 1.41. The lowest BCUT2D eigenvalue weighted by Crippen LogP contribution is -2.16.